The van der Waals surface area contributed by atoms with E-state index in [1.54, 1.807) is 0 Å². The van der Waals surface area contributed by atoms with Crippen LogP contribution in [0.1, 0.15) is 5.56 Å². The average Bonchev–Trinajstić information content (AvgIpc) is 2.16. The fraction of sp³-hybridized carbons (Fsp3) is 0.125. The lowest BCUT2D eigenvalue weighted by atomic mass is 10.3. The molecule has 0 atom stereocenters. The number of nitrogens with two attached hydrogens (primary N) is 1. The van der Waals surface area contributed by atoms with Gasteiger partial charge in [-0.05, 0) is 12.2 Å². The maximum Gasteiger partial charge on any atom is 0.318 e. The summed E-state index contributed by atoms with van der Waals surface area (Å²) in [7, 11) is 1.45. The molecule has 0 aliphatic rings. The lowest BCUT2D eigenvalue weighted by molar-refractivity contribution is -0.104. The first kappa shape index (κ1) is 9.18. The van der Waals surface area contributed by atoms with Gasteiger partial charge in [0.1, 0.15) is 12.1 Å². The Morgan fingerprint density at radius 3 is 2.92 bits per heavy atom. The molecule has 0 aromatic carbocycles. The zero-order chi connectivity index (χ0) is 9.68. The van der Waals surface area contributed by atoms with Crippen LogP contribution >= 0.6 is 0 Å². The number of nitrogen functional groups attached to an aromatic ring is 1. The average molecular weight is 179 g/mol. The van der Waals surface area contributed by atoms with Crippen LogP contribution in [0.2, 0.25) is 0 Å². The van der Waals surface area contributed by atoms with E-state index in [1.807, 2.05) is 0 Å². The minimum atomic E-state index is 0.209. The number of rotatable bonds is 3. The maximum absolute atomic E-state index is 10.0. The van der Waals surface area contributed by atoms with Crippen LogP contribution in [0.4, 0.5) is 5.82 Å². The summed E-state index contributed by atoms with van der Waals surface area (Å²) in [5, 5.41) is 0. The number of allylic oxidation sites excluding steroid dienone is 1. The second-order valence-electron chi connectivity index (χ2n) is 2.19. The molecule has 1 heterocycles. The first-order valence-electron chi connectivity index (χ1n) is 3.56. The number of aldehydes is 1. The molecular weight excluding hydrogens is 170 g/mol. The molecule has 0 saturated carbocycles. The van der Waals surface area contributed by atoms with Crippen molar-refractivity contribution in [3.8, 4) is 6.01 Å². The van der Waals surface area contributed by atoms with Crippen molar-refractivity contribution in [1.29, 1.82) is 0 Å². The molecule has 5 heteroatoms. The summed E-state index contributed by atoms with van der Waals surface area (Å²) in [6.45, 7) is 0. The highest BCUT2D eigenvalue weighted by Crippen LogP contribution is 2.12. The molecule has 0 amide bonds. The number of anilines is 1. The maximum atomic E-state index is 10.0. The Morgan fingerprint density at radius 1 is 1.62 bits per heavy atom. The van der Waals surface area contributed by atoms with Crippen molar-refractivity contribution in [2.24, 2.45) is 0 Å². The van der Waals surface area contributed by atoms with Crippen molar-refractivity contribution >= 4 is 18.2 Å². The molecule has 1 aromatic heterocycles. The van der Waals surface area contributed by atoms with E-state index in [2.05, 4.69) is 9.97 Å². The predicted molar refractivity (Wildman–Crippen MR) is 48.1 cm³/mol. The topological polar surface area (TPSA) is 78.1 Å². The van der Waals surface area contributed by atoms with Gasteiger partial charge in [-0.2, -0.15) is 4.98 Å². The standard InChI is InChI=1S/C8H9N3O2/c1-13-8-10-5-6(3-2-4-12)7(9)11-8/h2-5H,1H3,(H2,9,10,11)/b3-2+. The normalized spacial score (nSPS) is 10.2. The number of methoxy groups -OCH3 is 1. The Bertz CT molecular complexity index is 336. The van der Waals surface area contributed by atoms with Gasteiger partial charge in [-0.3, -0.25) is 4.79 Å². The van der Waals surface area contributed by atoms with Crippen LogP contribution < -0.4 is 10.5 Å². The van der Waals surface area contributed by atoms with Crippen molar-refractivity contribution < 1.29 is 9.53 Å². The number of hydrogen-bond acceptors (Lipinski definition) is 5. The predicted octanol–water partition coefficient (Wildman–Crippen LogP) is 0.279. The van der Waals surface area contributed by atoms with Crippen LogP contribution in [-0.2, 0) is 4.79 Å². The van der Waals surface area contributed by atoms with Gasteiger partial charge in [0.25, 0.3) is 0 Å². The van der Waals surface area contributed by atoms with Crippen LogP contribution in [-0.4, -0.2) is 23.4 Å². The Hall–Kier alpha value is -1.91. The van der Waals surface area contributed by atoms with Crippen molar-refractivity contribution in [3.05, 3.63) is 17.8 Å². The van der Waals surface area contributed by atoms with Crippen molar-refractivity contribution in [3.63, 3.8) is 0 Å². The fourth-order valence-electron chi connectivity index (χ4n) is 0.757. The van der Waals surface area contributed by atoms with Gasteiger partial charge >= 0.3 is 6.01 Å². The molecule has 0 aliphatic heterocycles. The molecule has 2 N–H and O–H groups in total. The Balaban J connectivity index is 2.98. The van der Waals surface area contributed by atoms with Crippen molar-refractivity contribution in [2.45, 2.75) is 0 Å². The van der Waals surface area contributed by atoms with Gasteiger partial charge < -0.3 is 10.5 Å². The molecule has 1 rings (SSSR count). The van der Waals surface area contributed by atoms with Crippen molar-refractivity contribution in [1.82, 2.24) is 9.97 Å². The third-order valence-electron chi connectivity index (χ3n) is 1.36. The minimum absolute atomic E-state index is 0.209. The van der Waals surface area contributed by atoms with E-state index in [4.69, 9.17) is 10.5 Å². The summed E-state index contributed by atoms with van der Waals surface area (Å²) in [6.07, 6.45) is 4.99. The summed E-state index contributed by atoms with van der Waals surface area (Å²) in [5.41, 5.74) is 6.13. The third kappa shape index (κ3) is 2.26. The van der Waals surface area contributed by atoms with Gasteiger partial charge in [0.15, 0.2) is 0 Å². The summed E-state index contributed by atoms with van der Waals surface area (Å²) < 4.78 is 4.76. The minimum Gasteiger partial charge on any atom is -0.467 e. The highest BCUT2D eigenvalue weighted by atomic mass is 16.5. The molecule has 0 aliphatic carbocycles. The van der Waals surface area contributed by atoms with Gasteiger partial charge in [-0.1, -0.05) is 0 Å². The molecular formula is C8H9N3O2. The number of carbonyl (C=O) groups is 1. The summed E-state index contributed by atoms with van der Waals surface area (Å²) in [5.74, 6) is 0.282. The molecule has 0 bridgehead atoms. The van der Waals surface area contributed by atoms with E-state index < -0.39 is 0 Å². The molecule has 0 unspecified atom stereocenters. The molecule has 5 nitrogen and oxygen atoms in total. The van der Waals surface area contributed by atoms with Crippen LogP contribution in [0.5, 0.6) is 6.01 Å². The van der Waals surface area contributed by atoms with Crippen LogP contribution in [0.25, 0.3) is 6.08 Å². The SMILES string of the molecule is COc1ncc(/C=C/C=O)c(N)n1. The van der Waals surface area contributed by atoms with Crippen LogP contribution in [0, 0.1) is 0 Å². The highest BCUT2D eigenvalue weighted by Gasteiger charge is 1.99. The van der Waals surface area contributed by atoms with Crippen LogP contribution in [0.15, 0.2) is 12.3 Å². The lowest BCUT2D eigenvalue weighted by Gasteiger charge is -2.00. The summed E-state index contributed by atoms with van der Waals surface area (Å²) in [4.78, 5) is 17.7. The Labute approximate surface area is 75.3 Å². The summed E-state index contributed by atoms with van der Waals surface area (Å²) in [6, 6.07) is 0.209. The Kier molecular flexibility index (Phi) is 2.97. The quantitative estimate of drug-likeness (QED) is 0.532. The zero-order valence-electron chi connectivity index (χ0n) is 7.10. The number of ether oxygens (including phenoxy) is 1. The van der Waals surface area contributed by atoms with Gasteiger partial charge in [-0.15, -0.1) is 0 Å². The summed E-state index contributed by atoms with van der Waals surface area (Å²) >= 11 is 0. The smallest absolute Gasteiger partial charge is 0.318 e. The largest absolute Gasteiger partial charge is 0.467 e. The molecule has 1 aromatic rings. The zero-order valence-corrected chi connectivity index (χ0v) is 7.10. The number of hydrogen-bond donors (Lipinski definition) is 1. The molecule has 0 radical (unpaired) electrons. The number of carbonyl (C=O) groups excluding carboxylic acids is 1. The molecule has 0 spiro atoms. The monoisotopic (exact) mass is 179 g/mol. The molecule has 13 heavy (non-hydrogen) atoms. The molecule has 68 valence electrons. The first-order valence-corrected chi connectivity index (χ1v) is 3.56. The lowest BCUT2D eigenvalue weighted by Crippen LogP contribution is -1.98. The number of aromatic nitrogens is 2. The van der Waals surface area contributed by atoms with E-state index in [9.17, 15) is 4.79 Å². The Morgan fingerprint density at radius 2 is 2.38 bits per heavy atom. The van der Waals surface area contributed by atoms with E-state index in [0.717, 1.165) is 0 Å². The van der Waals surface area contributed by atoms with E-state index in [-0.39, 0.29) is 11.8 Å². The van der Waals surface area contributed by atoms with Gasteiger partial charge in [0.05, 0.1) is 7.11 Å². The van der Waals surface area contributed by atoms with Gasteiger partial charge in [0.2, 0.25) is 0 Å². The van der Waals surface area contributed by atoms with Crippen LogP contribution in [0.3, 0.4) is 0 Å². The van der Waals surface area contributed by atoms with E-state index >= 15 is 0 Å². The van der Waals surface area contributed by atoms with E-state index in [0.29, 0.717) is 11.8 Å². The van der Waals surface area contributed by atoms with Gasteiger partial charge in [0, 0.05) is 11.8 Å². The van der Waals surface area contributed by atoms with E-state index in [1.165, 1.54) is 25.5 Å². The second kappa shape index (κ2) is 4.20. The molecule has 0 fully saturated rings. The highest BCUT2D eigenvalue weighted by molar-refractivity contribution is 5.76. The molecule has 0 saturated heterocycles. The third-order valence-corrected chi connectivity index (χ3v) is 1.36. The fourth-order valence-corrected chi connectivity index (χ4v) is 0.757. The first-order chi connectivity index (χ1) is 6.27. The van der Waals surface area contributed by atoms with Gasteiger partial charge in [-0.25, -0.2) is 4.98 Å². The van der Waals surface area contributed by atoms with Crippen molar-refractivity contribution in [2.75, 3.05) is 12.8 Å². The number of nitrogens with zero attached hydrogens (tertiary/aromatic N) is 2. The second-order valence-corrected chi connectivity index (χ2v) is 2.19.